The van der Waals surface area contributed by atoms with Crippen LogP contribution in [0.2, 0.25) is 5.02 Å². The second-order valence-electron chi connectivity index (χ2n) is 11.8. The molecule has 1 saturated heterocycles. The Morgan fingerprint density at radius 3 is 2.41 bits per heavy atom. The van der Waals surface area contributed by atoms with Crippen molar-refractivity contribution in [1.29, 1.82) is 0 Å². The van der Waals surface area contributed by atoms with E-state index in [1.807, 2.05) is 55.7 Å². The summed E-state index contributed by atoms with van der Waals surface area (Å²) in [5.74, 6) is -1.46. The minimum Gasteiger partial charge on any atom is -0.342 e. The van der Waals surface area contributed by atoms with Gasteiger partial charge in [0.15, 0.2) is 0 Å². The van der Waals surface area contributed by atoms with Gasteiger partial charge in [0.25, 0.3) is 0 Å². The molecule has 3 aromatic rings. The molecule has 5 nitrogen and oxygen atoms in total. The molecule has 0 bridgehead atoms. The summed E-state index contributed by atoms with van der Waals surface area (Å²) >= 11 is 6.19. The zero-order chi connectivity index (χ0) is 28.1. The minimum absolute atomic E-state index is 0.0750. The first-order valence-corrected chi connectivity index (χ1v) is 14.1. The molecule has 3 atom stereocenters. The van der Waals surface area contributed by atoms with Crippen LogP contribution >= 0.6 is 11.6 Å². The van der Waals surface area contributed by atoms with Gasteiger partial charge in [-0.3, -0.25) is 4.79 Å². The van der Waals surface area contributed by atoms with E-state index in [-0.39, 0.29) is 29.2 Å². The van der Waals surface area contributed by atoms with Gasteiger partial charge in [0.2, 0.25) is 5.91 Å². The Balaban J connectivity index is 1.35. The Labute approximate surface area is 234 Å². The number of aryl methyl sites for hydroxylation is 2. The molecular formula is C31H37ClF2N4O. The van der Waals surface area contributed by atoms with E-state index >= 15 is 0 Å². The number of likely N-dealkylation sites (tertiary alicyclic amines) is 1. The molecule has 1 saturated carbocycles. The molecule has 0 radical (unpaired) electrons. The first-order chi connectivity index (χ1) is 18.5. The number of halogens is 3. The largest absolute Gasteiger partial charge is 0.342 e. The van der Waals surface area contributed by atoms with Crippen LogP contribution in [-0.2, 0) is 4.79 Å². The lowest BCUT2D eigenvalue weighted by molar-refractivity contribution is -0.137. The summed E-state index contributed by atoms with van der Waals surface area (Å²) in [6.07, 6.45) is 2.95. The number of piperidine rings is 1. The fourth-order valence-electron chi connectivity index (χ4n) is 6.56. The lowest BCUT2D eigenvalue weighted by Crippen LogP contribution is -2.43. The van der Waals surface area contributed by atoms with Gasteiger partial charge in [-0.1, -0.05) is 17.7 Å². The van der Waals surface area contributed by atoms with Crippen LogP contribution in [0.25, 0.3) is 5.69 Å². The average molecular weight is 555 g/mol. The molecule has 1 aromatic heterocycles. The summed E-state index contributed by atoms with van der Waals surface area (Å²) in [7, 11) is 4.01. The van der Waals surface area contributed by atoms with Crippen LogP contribution < -0.4 is 0 Å². The van der Waals surface area contributed by atoms with Crippen LogP contribution in [-0.4, -0.2) is 58.2 Å². The van der Waals surface area contributed by atoms with Gasteiger partial charge in [-0.15, -0.1) is 0 Å². The molecule has 2 heterocycles. The van der Waals surface area contributed by atoms with Crippen molar-refractivity contribution in [3.63, 3.8) is 0 Å². The molecule has 8 heteroatoms. The Hall–Kier alpha value is -2.77. The van der Waals surface area contributed by atoms with E-state index in [0.717, 1.165) is 41.5 Å². The van der Waals surface area contributed by atoms with E-state index in [0.29, 0.717) is 36.5 Å². The third kappa shape index (κ3) is 5.36. The molecule has 1 amide bonds. The zero-order valence-corrected chi connectivity index (χ0v) is 24.1. The summed E-state index contributed by atoms with van der Waals surface area (Å²) in [5.41, 5.74) is 4.37. The standard InChI is InChI=1S/C31H37ClF2N4O/c1-19-14-22(32)6-9-28(19)38-29(15-20(2)35-38)21-10-12-37(13-11-21)30(39)26-18-31(3,36(4)5)17-25(26)24-8-7-23(33)16-27(24)34/h6-9,14-16,21,25-26H,10-13,17-18H2,1-5H3/t25-,26+,31-/m0/s1. The van der Waals surface area contributed by atoms with Crippen molar-refractivity contribution in [3.8, 4) is 5.69 Å². The Morgan fingerprint density at radius 2 is 1.77 bits per heavy atom. The molecule has 2 aliphatic rings. The molecule has 0 unspecified atom stereocenters. The lowest BCUT2D eigenvalue weighted by atomic mass is 9.86. The summed E-state index contributed by atoms with van der Waals surface area (Å²) in [6, 6.07) is 11.7. The average Bonchev–Trinajstić information content (AvgIpc) is 3.44. The summed E-state index contributed by atoms with van der Waals surface area (Å²) in [5, 5.41) is 5.48. The molecule has 39 heavy (non-hydrogen) atoms. The molecule has 5 rings (SSSR count). The van der Waals surface area contributed by atoms with Crippen molar-refractivity contribution < 1.29 is 13.6 Å². The Morgan fingerprint density at radius 1 is 1.05 bits per heavy atom. The smallest absolute Gasteiger partial charge is 0.226 e. The van der Waals surface area contributed by atoms with E-state index in [1.54, 1.807) is 0 Å². The second-order valence-corrected chi connectivity index (χ2v) is 12.3. The highest BCUT2D eigenvalue weighted by molar-refractivity contribution is 6.30. The number of rotatable bonds is 5. The van der Waals surface area contributed by atoms with Crippen molar-refractivity contribution in [2.24, 2.45) is 5.92 Å². The number of amides is 1. The van der Waals surface area contributed by atoms with Crippen molar-refractivity contribution in [2.45, 2.75) is 63.8 Å². The first-order valence-electron chi connectivity index (χ1n) is 13.7. The zero-order valence-electron chi connectivity index (χ0n) is 23.3. The Bertz CT molecular complexity index is 1380. The highest BCUT2D eigenvalue weighted by Gasteiger charge is 2.49. The lowest BCUT2D eigenvalue weighted by Gasteiger charge is -2.35. The highest BCUT2D eigenvalue weighted by Crippen LogP contribution is 2.49. The fraction of sp³-hybridized carbons (Fsp3) is 0.484. The SMILES string of the molecule is Cc1cc(C2CCN(C(=O)[C@@H]3C[C@@](C)(N(C)C)C[C@H]3c3ccc(F)cc3F)CC2)n(-c2ccc(Cl)cc2C)n1. The maximum atomic E-state index is 14.9. The molecule has 208 valence electrons. The topological polar surface area (TPSA) is 41.4 Å². The van der Waals surface area contributed by atoms with Crippen LogP contribution in [0.5, 0.6) is 0 Å². The van der Waals surface area contributed by atoms with Gasteiger partial charge in [-0.05, 0) is 102 Å². The van der Waals surface area contributed by atoms with Gasteiger partial charge >= 0.3 is 0 Å². The number of hydrogen-bond acceptors (Lipinski definition) is 3. The van der Waals surface area contributed by atoms with Crippen LogP contribution in [0.3, 0.4) is 0 Å². The molecular weight excluding hydrogens is 518 g/mol. The number of carbonyl (C=O) groups excluding carboxylic acids is 1. The van der Waals surface area contributed by atoms with E-state index in [9.17, 15) is 13.6 Å². The molecule has 2 fully saturated rings. The number of aromatic nitrogens is 2. The Kier molecular flexibility index (Phi) is 7.59. The fourth-order valence-corrected chi connectivity index (χ4v) is 6.79. The van der Waals surface area contributed by atoms with Gasteiger partial charge < -0.3 is 9.80 Å². The van der Waals surface area contributed by atoms with Gasteiger partial charge in [0, 0.05) is 53.2 Å². The number of hydrogen-bond donors (Lipinski definition) is 0. The predicted octanol–water partition coefficient (Wildman–Crippen LogP) is 6.64. The van der Waals surface area contributed by atoms with Crippen molar-refractivity contribution in [1.82, 2.24) is 19.6 Å². The summed E-state index contributed by atoms with van der Waals surface area (Å²) in [4.78, 5) is 18.1. The predicted molar refractivity (Wildman–Crippen MR) is 151 cm³/mol. The minimum atomic E-state index is -0.599. The molecule has 1 aliphatic heterocycles. The van der Waals surface area contributed by atoms with E-state index in [4.69, 9.17) is 16.7 Å². The summed E-state index contributed by atoms with van der Waals surface area (Å²) < 4.78 is 30.6. The number of nitrogens with zero attached hydrogens (tertiary/aromatic N) is 4. The summed E-state index contributed by atoms with van der Waals surface area (Å²) in [6.45, 7) is 7.44. The third-order valence-corrected chi connectivity index (χ3v) is 9.27. The number of carbonyl (C=O) groups is 1. The van der Waals surface area contributed by atoms with Gasteiger partial charge in [0.05, 0.1) is 11.4 Å². The van der Waals surface area contributed by atoms with Crippen molar-refractivity contribution >= 4 is 17.5 Å². The van der Waals surface area contributed by atoms with Gasteiger partial charge in [-0.2, -0.15) is 5.10 Å². The monoisotopic (exact) mass is 554 g/mol. The van der Waals surface area contributed by atoms with Crippen LogP contribution in [0.1, 0.15) is 67.0 Å². The molecule has 1 aliphatic carbocycles. The quantitative estimate of drug-likeness (QED) is 0.355. The molecule has 2 aromatic carbocycles. The van der Waals surface area contributed by atoms with Gasteiger partial charge in [0.1, 0.15) is 11.6 Å². The second kappa shape index (κ2) is 10.7. The van der Waals surface area contributed by atoms with E-state index in [1.165, 1.54) is 12.1 Å². The van der Waals surface area contributed by atoms with Gasteiger partial charge in [-0.25, -0.2) is 13.5 Å². The van der Waals surface area contributed by atoms with Crippen LogP contribution in [0, 0.1) is 31.4 Å². The third-order valence-electron chi connectivity index (χ3n) is 9.03. The molecule has 0 N–H and O–H groups in total. The number of benzene rings is 2. The van der Waals surface area contributed by atoms with E-state index < -0.39 is 11.6 Å². The van der Waals surface area contributed by atoms with Crippen molar-refractivity contribution in [2.75, 3.05) is 27.2 Å². The first kappa shape index (κ1) is 27.8. The maximum Gasteiger partial charge on any atom is 0.226 e. The molecule has 0 spiro atoms. The normalized spacial score (nSPS) is 24.1. The highest BCUT2D eigenvalue weighted by atomic mass is 35.5. The maximum absolute atomic E-state index is 14.9. The van der Waals surface area contributed by atoms with Crippen LogP contribution in [0.4, 0.5) is 8.78 Å². The van der Waals surface area contributed by atoms with E-state index in [2.05, 4.69) is 17.9 Å². The van der Waals surface area contributed by atoms with Crippen molar-refractivity contribution in [3.05, 3.63) is 81.6 Å². The van der Waals surface area contributed by atoms with Crippen LogP contribution in [0.15, 0.2) is 42.5 Å².